The Kier molecular flexibility index (Phi) is 6.87. The first-order valence-corrected chi connectivity index (χ1v) is 10.7. The van der Waals surface area contributed by atoms with E-state index in [0.717, 1.165) is 16.9 Å². The SMILES string of the molecule is CCc1cc(C(=O)OCC(=O)N2CCN(c3ccc(C(C)=O)cc3F)CC2)sc1C. The number of benzene rings is 1. The topological polar surface area (TPSA) is 66.9 Å². The van der Waals surface area contributed by atoms with Crippen LogP contribution in [0.4, 0.5) is 10.1 Å². The van der Waals surface area contributed by atoms with E-state index >= 15 is 0 Å². The van der Waals surface area contributed by atoms with Crippen LogP contribution in [0.15, 0.2) is 24.3 Å². The van der Waals surface area contributed by atoms with E-state index in [-0.39, 0.29) is 18.3 Å². The third-order valence-electron chi connectivity index (χ3n) is 5.26. The summed E-state index contributed by atoms with van der Waals surface area (Å²) < 4.78 is 19.5. The minimum Gasteiger partial charge on any atom is -0.451 e. The Balaban J connectivity index is 1.51. The first kappa shape index (κ1) is 22.0. The van der Waals surface area contributed by atoms with Crippen molar-refractivity contribution in [2.75, 3.05) is 37.7 Å². The van der Waals surface area contributed by atoms with Gasteiger partial charge in [-0.25, -0.2) is 9.18 Å². The molecule has 8 heteroatoms. The van der Waals surface area contributed by atoms with Crippen LogP contribution in [0.25, 0.3) is 0 Å². The molecule has 0 spiro atoms. The minimum atomic E-state index is -0.484. The Morgan fingerprint density at radius 3 is 2.40 bits per heavy atom. The van der Waals surface area contributed by atoms with Crippen LogP contribution in [0.1, 0.15) is 44.3 Å². The fourth-order valence-corrected chi connectivity index (χ4v) is 4.45. The summed E-state index contributed by atoms with van der Waals surface area (Å²) >= 11 is 1.37. The lowest BCUT2D eigenvalue weighted by molar-refractivity contribution is -0.134. The third kappa shape index (κ3) is 4.87. The number of hydrogen-bond acceptors (Lipinski definition) is 6. The van der Waals surface area contributed by atoms with E-state index in [1.807, 2.05) is 24.8 Å². The lowest BCUT2D eigenvalue weighted by atomic mass is 10.1. The molecular formula is C22H25FN2O4S. The summed E-state index contributed by atoms with van der Waals surface area (Å²) in [5.74, 6) is -1.38. The zero-order valence-corrected chi connectivity index (χ0v) is 18.2. The highest BCUT2D eigenvalue weighted by atomic mass is 32.1. The number of thiophene rings is 1. The normalized spacial score (nSPS) is 14.0. The van der Waals surface area contributed by atoms with Crippen LogP contribution in [0.3, 0.4) is 0 Å². The molecule has 1 aromatic heterocycles. The van der Waals surface area contributed by atoms with Gasteiger partial charge in [0, 0.05) is 36.6 Å². The Morgan fingerprint density at radius 2 is 1.83 bits per heavy atom. The Hall–Kier alpha value is -2.74. The van der Waals surface area contributed by atoms with E-state index in [1.165, 1.54) is 24.3 Å². The fraction of sp³-hybridized carbons (Fsp3) is 0.409. The van der Waals surface area contributed by atoms with Gasteiger partial charge in [-0.15, -0.1) is 11.3 Å². The molecule has 0 radical (unpaired) electrons. The molecular weight excluding hydrogens is 407 g/mol. The molecule has 0 N–H and O–H groups in total. The largest absolute Gasteiger partial charge is 0.451 e. The molecule has 2 aromatic rings. The van der Waals surface area contributed by atoms with Crippen molar-refractivity contribution in [3.05, 3.63) is 51.0 Å². The van der Waals surface area contributed by atoms with Crippen molar-refractivity contribution in [3.8, 4) is 0 Å². The number of hydrogen-bond donors (Lipinski definition) is 0. The molecule has 0 bridgehead atoms. The van der Waals surface area contributed by atoms with E-state index in [2.05, 4.69) is 0 Å². The second kappa shape index (κ2) is 9.38. The molecule has 1 amide bonds. The first-order chi connectivity index (χ1) is 14.3. The van der Waals surface area contributed by atoms with E-state index in [1.54, 1.807) is 17.0 Å². The second-order valence-electron chi connectivity index (χ2n) is 7.21. The molecule has 1 fully saturated rings. The number of aryl methyl sites for hydroxylation is 2. The van der Waals surface area contributed by atoms with Gasteiger partial charge in [0.1, 0.15) is 10.7 Å². The number of amides is 1. The smallest absolute Gasteiger partial charge is 0.348 e. The van der Waals surface area contributed by atoms with Crippen molar-refractivity contribution in [2.24, 2.45) is 0 Å². The van der Waals surface area contributed by atoms with Crippen molar-refractivity contribution >= 4 is 34.7 Å². The van der Waals surface area contributed by atoms with Gasteiger partial charge in [-0.2, -0.15) is 0 Å². The number of piperazine rings is 1. The Bertz CT molecular complexity index is 964. The Labute approximate surface area is 179 Å². The van der Waals surface area contributed by atoms with Crippen LogP contribution in [0.5, 0.6) is 0 Å². The minimum absolute atomic E-state index is 0.186. The van der Waals surface area contributed by atoms with Crippen molar-refractivity contribution in [1.29, 1.82) is 0 Å². The maximum Gasteiger partial charge on any atom is 0.348 e. The summed E-state index contributed by atoms with van der Waals surface area (Å²) in [6.45, 7) is 6.80. The van der Waals surface area contributed by atoms with Crippen molar-refractivity contribution < 1.29 is 23.5 Å². The number of nitrogens with zero attached hydrogens (tertiary/aromatic N) is 2. The van der Waals surface area contributed by atoms with Gasteiger partial charge in [0.2, 0.25) is 0 Å². The average molecular weight is 433 g/mol. The zero-order valence-electron chi connectivity index (χ0n) is 17.4. The van der Waals surface area contributed by atoms with Crippen LogP contribution < -0.4 is 4.90 Å². The number of anilines is 1. The van der Waals surface area contributed by atoms with Gasteiger partial charge < -0.3 is 14.5 Å². The van der Waals surface area contributed by atoms with Crippen LogP contribution in [0, 0.1) is 12.7 Å². The predicted molar refractivity (Wildman–Crippen MR) is 114 cm³/mol. The van der Waals surface area contributed by atoms with Crippen LogP contribution in [0.2, 0.25) is 0 Å². The molecule has 3 rings (SSSR count). The first-order valence-electron chi connectivity index (χ1n) is 9.89. The van der Waals surface area contributed by atoms with Gasteiger partial charge in [0.05, 0.1) is 5.69 Å². The standard InChI is InChI=1S/C22H25FN2O4S/c1-4-16-12-20(30-15(16)3)22(28)29-13-21(27)25-9-7-24(8-10-25)19-6-5-17(14(2)26)11-18(19)23/h5-6,11-12H,4,7-10,13H2,1-3H3. The van der Waals surface area contributed by atoms with E-state index in [9.17, 15) is 18.8 Å². The maximum absolute atomic E-state index is 14.3. The quantitative estimate of drug-likeness (QED) is 0.517. The number of carbonyl (C=O) groups is 3. The molecule has 160 valence electrons. The summed E-state index contributed by atoms with van der Waals surface area (Å²) in [5.41, 5.74) is 1.86. The third-order valence-corrected chi connectivity index (χ3v) is 6.33. The number of rotatable bonds is 6. The molecule has 1 aliphatic heterocycles. The van der Waals surface area contributed by atoms with E-state index in [4.69, 9.17) is 4.74 Å². The van der Waals surface area contributed by atoms with Crippen molar-refractivity contribution in [3.63, 3.8) is 0 Å². The molecule has 1 aromatic carbocycles. The highest BCUT2D eigenvalue weighted by Crippen LogP contribution is 2.24. The van der Waals surface area contributed by atoms with E-state index < -0.39 is 11.8 Å². The number of ether oxygens (including phenoxy) is 1. The van der Waals surface area contributed by atoms with Gasteiger partial charge in [-0.1, -0.05) is 6.92 Å². The molecule has 1 aliphatic rings. The number of carbonyl (C=O) groups excluding carboxylic acids is 3. The summed E-state index contributed by atoms with van der Waals surface area (Å²) in [7, 11) is 0. The van der Waals surface area contributed by atoms with Crippen LogP contribution in [-0.2, 0) is 16.0 Å². The molecule has 0 aliphatic carbocycles. The van der Waals surface area contributed by atoms with Gasteiger partial charge in [-0.3, -0.25) is 9.59 Å². The van der Waals surface area contributed by atoms with Gasteiger partial charge >= 0.3 is 5.97 Å². The average Bonchev–Trinajstić information content (AvgIpc) is 3.12. The monoisotopic (exact) mass is 432 g/mol. The lowest BCUT2D eigenvalue weighted by Gasteiger charge is -2.36. The number of ketones is 1. The predicted octanol–water partition coefficient (Wildman–Crippen LogP) is 3.47. The molecule has 0 unspecified atom stereocenters. The summed E-state index contributed by atoms with van der Waals surface area (Å²) in [6.07, 6.45) is 0.844. The van der Waals surface area contributed by atoms with Crippen molar-refractivity contribution in [1.82, 2.24) is 4.90 Å². The number of esters is 1. The summed E-state index contributed by atoms with van der Waals surface area (Å²) in [6, 6.07) is 6.26. The zero-order chi connectivity index (χ0) is 21.8. The molecule has 2 heterocycles. The van der Waals surface area contributed by atoms with Gasteiger partial charge in [0.25, 0.3) is 5.91 Å². The van der Waals surface area contributed by atoms with Gasteiger partial charge in [0.15, 0.2) is 12.4 Å². The van der Waals surface area contributed by atoms with Crippen LogP contribution >= 0.6 is 11.3 Å². The highest BCUT2D eigenvalue weighted by Gasteiger charge is 2.24. The molecule has 30 heavy (non-hydrogen) atoms. The van der Waals surface area contributed by atoms with Crippen molar-refractivity contribution in [2.45, 2.75) is 27.2 Å². The Morgan fingerprint density at radius 1 is 1.13 bits per heavy atom. The van der Waals surface area contributed by atoms with E-state index in [0.29, 0.717) is 42.3 Å². The molecule has 0 saturated carbocycles. The van der Waals surface area contributed by atoms with Crippen LogP contribution in [-0.4, -0.2) is 55.3 Å². The molecule has 6 nitrogen and oxygen atoms in total. The number of halogens is 1. The van der Waals surface area contributed by atoms with Gasteiger partial charge in [-0.05, 0) is 50.1 Å². The lowest BCUT2D eigenvalue weighted by Crippen LogP contribution is -2.50. The molecule has 0 atom stereocenters. The summed E-state index contributed by atoms with van der Waals surface area (Å²) in [5, 5.41) is 0. The molecule has 1 saturated heterocycles. The maximum atomic E-state index is 14.3. The second-order valence-corrected chi connectivity index (χ2v) is 8.47. The highest BCUT2D eigenvalue weighted by molar-refractivity contribution is 7.14. The fourth-order valence-electron chi connectivity index (χ4n) is 3.44. The summed E-state index contributed by atoms with van der Waals surface area (Å²) in [4.78, 5) is 41.0. The number of Topliss-reactive ketones (excluding diaryl/α,β-unsaturated/α-hetero) is 1.